The molecule has 100 valence electrons. The molecule has 0 amide bonds. The zero-order chi connectivity index (χ0) is 13.0. The van der Waals surface area contributed by atoms with E-state index in [4.69, 9.17) is 5.73 Å². The van der Waals surface area contributed by atoms with E-state index in [1.165, 1.54) is 42.6 Å². The lowest BCUT2D eigenvalue weighted by atomic mass is 9.73. The number of benzene rings is 1. The third-order valence-electron chi connectivity index (χ3n) is 4.45. The van der Waals surface area contributed by atoms with E-state index in [0.29, 0.717) is 5.92 Å². The molecule has 0 aromatic heterocycles. The number of hydrogen-bond donors (Lipinski definition) is 1. The molecule has 1 fully saturated rings. The largest absolute Gasteiger partial charge is 0.324 e. The van der Waals surface area contributed by atoms with E-state index in [0.717, 1.165) is 5.92 Å². The molecule has 1 aliphatic carbocycles. The summed E-state index contributed by atoms with van der Waals surface area (Å²) in [6.45, 7) is 2.31. The summed E-state index contributed by atoms with van der Waals surface area (Å²) in [7, 11) is 0. The molecule has 0 heterocycles. The van der Waals surface area contributed by atoms with Gasteiger partial charge in [-0.15, -0.1) is 11.8 Å². The maximum absolute atomic E-state index is 6.52. The standard InChI is InChI=1S/C16H25NS/c1-3-12-6-4-5-7-15(12)16(17)13-8-10-14(18-2)11-9-13/h8-12,15-16H,3-7,17H2,1-2H3. The third kappa shape index (κ3) is 3.10. The van der Waals surface area contributed by atoms with Crippen LogP contribution in [-0.2, 0) is 0 Å². The smallest absolute Gasteiger partial charge is 0.0326 e. The predicted molar refractivity (Wildman–Crippen MR) is 80.9 cm³/mol. The number of hydrogen-bond acceptors (Lipinski definition) is 2. The molecule has 2 heteroatoms. The van der Waals surface area contributed by atoms with E-state index in [2.05, 4.69) is 37.4 Å². The SMILES string of the molecule is CCC1CCCCC1C(N)c1ccc(SC)cc1. The Hall–Kier alpha value is -0.470. The summed E-state index contributed by atoms with van der Waals surface area (Å²) >= 11 is 1.79. The van der Waals surface area contributed by atoms with Crippen LogP contribution in [0.15, 0.2) is 29.2 Å². The molecule has 0 bridgehead atoms. The lowest BCUT2D eigenvalue weighted by Crippen LogP contribution is -2.30. The van der Waals surface area contributed by atoms with Crippen LogP contribution >= 0.6 is 11.8 Å². The van der Waals surface area contributed by atoms with Gasteiger partial charge in [0.1, 0.15) is 0 Å². The number of thioether (sulfide) groups is 1. The Morgan fingerprint density at radius 3 is 2.50 bits per heavy atom. The molecule has 1 nitrogen and oxygen atoms in total. The highest BCUT2D eigenvalue weighted by atomic mass is 32.2. The Bertz CT molecular complexity index is 360. The van der Waals surface area contributed by atoms with Crippen LogP contribution < -0.4 is 5.73 Å². The van der Waals surface area contributed by atoms with Gasteiger partial charge in [0.2, 0.25) is 0 Å². The second kappa shape index (κ2) is 6.63. The first-order valence-electron chi connectivity index (χ1n) is 7.15. The van der Waals surface area contributed by atoms with Crippen LogP contribution in [0, 0.1) is 11.8 Å². The van der Waals surface area contributed by atoms with Gasteiger partial charge in [-0.05, 0) is 42.2 Å². The van der Waals surface area contributed by atoms with Crippen molar-refractivity contribution in [2.45, 2.75) is 50.0 Å². The van der Waals surface area contributed by atoms with E-state index >= 15 is 0 Å². The second-order valence-corrected chi connectivity index (χ2v) is 6.30. The van der Waals surface area contributed by atoms with Gasteiger partial charge in [0.15, 0.2) is 0 Å². The van der Waals surface area contributed by atoms with Crippen molar-refractivity contribution in [3.05, 3.63) is 29.8 Å². The molecule has 2 N–H and O–H groups in total. The molecule has 18 heavy (non-hydrogen) atoms. The molecule has 3 unspecified atom stereocenters. The Morgan fingerprint density at radius 2 is 1.89 bits per heavy atom. The molecule has 1 aromatic carbocycles. The van der Waals surface area contributed by atoms with Crippen molar-refractivity contribution in [3.8, 4) is 0 Å². The van der Waals surface area contributed by atoms with Crippen molar-refractivity contribution in [2.75, 3.05) is 6.26 Å². The van der Waals surface area contributed by atoms with Crippen LogP contribution in [-0.4, -0.2) is 6.26 Å². The van der Waals surface area contributed by atoms with Gasteiger partial charge in [-0.1, -0.05) is 44.7 Å². The molecule has 0 radical (unpaired) electrons. The molecule has 3 atom stereocenters. The van der Waals surface area contributed by atoms with Gasteiger partial charge in [-0.2, -0.15) is 0 Å². The van der Waals surface area contributed by atoms with E-state index in [1.54, 1.807) is 11.8 Å². The quantitative estimate of drug-likeness (QED) is 0.802. The van der Waals surface area contributed by atoms with Crippen molar-refractivity contribution in [2.24, 2.45) is 17.6 Å². The van der Waals surface area contributed by atoms with Crippen molar-refractivity contribution in [3.63, 3.8) is 0 Å². The van der Waals surface area contributed by atoms with Gasteiger partial charge in [0, 0.05) is 10.9 Å². The monoisotopic (exact) mass is 263 g/mol. The Balaban J connectivity index is 2.10. The number of rotatable bonds is 4. The summed E-state index contributed by atoms with van der Waals surface area (Å²) in [4.78, 5) is 1.32. The first-order chi connectivity index (χ1) is 8.76. The summed E-state index contributed by atoms with van der Waals surface area (Å²) < 4.78 is 0. The molecule has 1 aromatic rings. The predicted octanol–water partition coefficient (Wildman–Crippen LogP) is 4.62. The van der Waals surface area contributed by atoms with Gasteiger partial charge < -0.3 is 5.73 Å². The van der Waals surface area contributed by atoms with Crippen molar-refractivity contribution >= 4 is 11.8 Å². The van der Waals surface area contributed by atoms with Crippen LogP contribution in [0.3, 0.4) is 0 Å². The van der Waals surface area contributed by atoms with E-state index in [-0.39, 0.29) is 6.04 Å². The summed E-state index contributed by atoms with van der Waals surface area (Å²) in [5.74, 6) is 1.51. The fourth-order valence-corrected chi connectivity index (χ4v) is 3.70. The first-order valence-corrected chi connectivity index (χ1v) is 8.38. The molecule has 0 spiro atoms. The zero-order valence-corrected chi connectivity index (χ0v) is 12.4. The van der Waals surface area contributed by atoms with Crippen molar-refractivity contribution < 1.29 is 0 Å². The van der Waals surface area contributed by atoms with Crippen LogP contribution in [0.25, 0.3) is 0 Å². The van der Waals surface area contributed by atoms with Gasteiger partial charge in [-0.25, -0.2) is 0 Å². The fraction of sp³-hybridized carbons (Fsp3) is 0.625. The highest BCUT2D eigenvalue weighted by Gasteiger charge is 2.29. The summed E-state index contributed by atoms with van der Waals surface area (Å²) in [6.07, 6.45) is 8.83. The minimum absolute atomic E-state index is 0.228. The van der Waals surface area contributed by atoms with Gasteiger partial charge in [0.05, 0.1) is 0 Å². The second-order valence-electron chi connectivity index (χ2n) is 5.42. The Kier molecular flexibility index (Phi) is 5.13. The van der Waals surface area contributed by atoms with Crippen molar-refractivity contribution in [1.29, 1.82) is 0 Å². The van der Waals surface area contributed by atoms with E-state index in [9.17, 15) is 0 Å². The van der Waals surface area contributed by atoms with Crippen LogP contribution in [0.2, 0.25) is 0 Å². The minimum atomic E-state index is 0.228. The summed E-state index contributed by atoms with van der Waals surface area (Å²) in [6, 6.07) is 9.06. The van der Waals surface area contributed by atoms with E-state index < -0.39 is 0 Å². The lowest BCUT2D eigenvalue weighted by Gasteiger charge is -2.35. The maximum Gasteiger partial charge on any atom is 0.0326 e. The van der Waals surface area contributed by atoms with Crippen LogP contribution in [0.4, 0.5) is 0 Å². The molecule has 1 saturated carbocycles. The minimum Gasteiger partial charge on any atom is -0.324 e. The molecular formula is C16H25NS. The zero-order valence-electron chi connectivity index (χ0n) is 11.6. The lowest BCUT2D eigenvalue weighted by molar-refractivity contribution is 0.196. The number of nitrogens with two attached hydrogens (primary N) is 1. The highest BCUT2D eigenvalue weighted by Crippen LogP contribution is 2.39. The first kappa shape index (κ1) is 14.0. The summed E-state index contributed by atoms with van der Waals surface area (Å²) in [5, 5.41) is 0. The van der Waals surface area contributed by atoms with E-state index in [1.807, 2.05) is 0 Å². The Labute approximate surface area is 116 Å². The Morgan fingerprint density at radius 1 is 1.22 bits per heavy atom. The molecule has 1 aliphatic rings. The molecule has 2 rings (SSSR count). The van der Waals surface area contributed by atoms with Crippen LogP contribution in [0.1, 0.15) is 50.6 Å². The maximum atomic E-state index is 6.52. The summed E-state index contributed by atoms with van der Waals surface area (Å²) in [5.41, 5.74) is 7.84. The average Bonchev–Trinajstić information content (AvgIpc) is 2.46. The van der Waals surface area contributed by atoms with Crippen LogP contribution in [0.5, 0.6) is 0 Å². The normalized spacial score (nSPS) is 25.9. The van der Waals surface area contributed by atoms with Gasteiger partial charge in [0.25, 0.3) is 0 Å². The molecular weight excluding hydrogens is 238 g/mol. The van der Waals surface area contributed by atoms with Gasteiger partial charge in [-0.3, -0.25) is 0 Å². The average molecular weight is 263 g/mol. The highest BCUT2D eigenvalue weighted by molar-refractivity contribution is 7.98. The fourth-order valence-electron chi connectivity index (χ4n) is 3.29. The molecule has 0 aliphatic heterocycles. The topological polar surface area (TPSA) is 26.0 Å². The van der Waals surface area contributed by atoms with Gasteiger partial charge >= 0.3 is 0 Å². The van der Waals surface area contributed by atoms with Crippen molar-refractivity contribution in [1.82, 2.24) is 0 Å². The molecule has 0 saturated heterocycles. The third-order valence-corrected chi connectivity index (χ3v) is 5.20.